The zero-order valence-electron chi connectivity index (χ0n) is 16.9. The van der Waals surface area contributed by atoms with Gasteiger partial charge < -0.3 is 10.1 Å². The molecule has 0 amide bonds. The van der Waals surface area contributed by atoms with Gasteiger partial charge in [0.2, 0.25) is 0 Å². The highest BCUT2D eigenvalue weighted by Gasteiger charge is 2.11. The summed E-state index contributed by atoms with van der Waals surface area (Å²) in [5.41, 5.74) is 3.05. The van der Waals surface area contributed by atoms with Crippen LogP contribution in [0.3, 0.4) is 0 Å². The molecule has 2 rings (SSSR count). The molecular weight excluding hydrogens is 334 g/mol. The minimum Gasteiger partial charge on any atom is -0.457 e. The van der Waals surface area contributed by atoms with Crippen molar-refractivity contribution in [3.05, 3.63) is 65.7 Å². The van der Waals surface area contributed by atoms with E-state index in [4.69, 9.17) is 4.74 Å². The Morgan fingerprint density at radius 2 is 1.78 bits per heavy atom. The number of anilines is 1. The number of ether oxygens (including phenoxy) is 1. The molecule has 27 heavy (non-hydrogen) atoms. The third-order valence-electron chi connectivity index (χ3n) is 4.45. The Balaban J connectivity index is 2.24. The first kappa shape index (κ1) is 20.8. The van der Waals surface area contributed by atoms with Crippen LogP contribution >= 0.6 is 0 Å². The van der Waals surface area contributed by atoms with Gasteiger partial charge in [-0.05, 0) is 44.4 Å². The Morgan fingerprint density at radius 3 is 2.41 bits per heavy atom. The largest absolute Gasteiger partial charge is 0.457 e. The van der Waals surface area contributed by atoms with Crippen LogP contribution in [0.5, 0.6) is 5.75 Å². The molecule has 0 aliphatic rings. The first-order valence-electron chi connectivity index (χ1n) is 9.86. The summed E-state index contributed by atoms with van der Waals surface area (Å²) in [6.45, 7) is 7.99. The fraction of sp³-hybridized carbons (Fsp3) is 0.375. The van der Waals surface area contributed by atoms with Gasteiger partial charge >= 0.3 is 0 Å². The molecule has 0 saturated heterocycles. The van der Waals surface area contributed by atoms with E-state index in [1.165, 1.54) is 0 Å². The van der Waals surface area contributed by atoms with Gasteiger partial charge in [-0.15, -0.1) is 0 Å². The number of benzene rings is 2. The number of hydrogen-bond donors (Lipinski definition) is 1. The summed E-state index contributed by atoms with van der Waals surface area (Å²) in [5.74, 6) is 1.27. The van der Waals surface area contributed by atoms with Crippen LogP contribution in [0.1, 0.15) is 57.6 Å². The molecule has 0 atom stereocenters. The molecule has 0 bridgehead atoms. The second kappa shape index (κ2) is 10.6. The molecule has 1 N–H and O–H groups in total. The minimum absolute atomic E-state index is 0.0338. The van der Waals surface area contributed by atoms with Gasteiger partial charge in [0.15, 0.2) is 5.78 Å². The van der Waals surface area contributed by atoms with Gasteiger partial charge in [-0.1, -0.05) is 57.0 Å². The van der Waals surface area contributed by atoms with Crippen LogP contribution < -0.4 is 10.1 Å². The van der Waals surface area contributed by atoms with E-state index in [2.05, 4.69) is 25.2 Å². The van der Waals surface area contributed by atoms with Crippen molar-refractivity contribution in [1.29, 1.82) is 0 Å². The van der Waals surface area contributed by atoms with Gasteiger partial charge in [-0.2, -0.15) is 0 Å². The van der Waals surface area contributed by atoms with E-state index in [9.17, 15) is 4.79 Å². The maximum Gasteiger partial charge on any atom is 0.156 e. The molecule has 2 aromatic carbocycles. The summed E-state index contributed by atoms with van der Waals surface area (Å²) in [6, 6.07) is 16.4. The third-order valence-corrected chi connectivity index (χ3v) is 4.45. The van der Waals surface area contributed by atoms with Gasteiger partial charge in [-0.25, -0.2) is 0 Å². The number of rotatable bonds is 10. The molecule has 0 spiro atoms. The Bertz CT molecular complexity index is 773. The van der Waals surface area contributed by atoms with Gasteiger partial charge in [0.25, 0.3) is 0 Å². The summed E-state index contributed by atoms with van der Waals surface area (Å²) in [4.78, 5) is 11.7. The maximum absolute atomic E-state index is 11.7. The normalized spacial score (nSPS) is 11.5. The first-order valence-corrected chi connectivity index (χ1v) is 9.86. The molecule has 0 aromatic heterocycles. The van der Waals surface area contributed by atoms with Crippen LogP contribution in [0, 0.1) is 6.92 Å². The number of carbonyl (C=O) groups is 1. The minimum atomic E-state index is -0.0338. The molecule has 0 heterocycles. The molecule has 3 nitrogen and oxygen atoms in total. The second-order valence-electron chi connectivity index (χ2n) is 6.98. The van der Waals surface area contributed by atoms with Crippen molar-refractivity contribution in [2.75, 3.05) is 5.32 Å². The van der Waals surface area contributed by atoms with E-state index < -0.39 is 0 Å². The average Bonchev–Trinajstić information content (AvgIpc) is 2.62. The van der Waals surface area contributed by atoms with Gasteiger partial charge in [-0.3, -0.25) is 4.79 Å². The Labute approximate surface area is 163 Å². The molecule has 0 aliphatic heterocycles. The monoisotopic (exact) mass is 365 g/mol. The molecular formula is C24H31NO2. The van der Waals surface area contributed by atoms with Crippen molar-refractivity contribution < 1.29 is 9.53 Å². The number of aryl methyl sites for hydroxylation is 1. The fourth-order valence-corrected chi connectivity index (χ4v) is 3.19. The predicted octanol–water partition coefficient (Wildman–Crippen LogP) is 6.38. The number of allylic oxidation sites excluding steroid dienone is 1. The number of ketones is 1. The van der Waals surface area contributed by atoms with Gasteiger partial charge in [0.1, 0.15) is 11.5 Å². The van der Waals surface area contributed by atoms with Crippen LogP contribution in [-0.4, -0.2) is 11.8 Å². The standard InChI is InChI=1S/C24H31NO2/c1-5-10-20(11-6-2)25-21-13-9-14-22(17-21)27-24(16-19(4)26)23-15-8-7-12-18(23)3/h7-9,12-17,20,25H,5-6,10-11H2,1-4H3/b24-16+. The number of nitrogens with one attached hydrogen (secondary N) is 1. The molecule has 2 aromatic rings. The molecule has 0 radical (unpaired) electrons. The highest BCUT2D eigenvalue weighted by atomic mass is 16.5. The lowest BCUT2D eigenvalue weighted by molar-refractivity contribution is -0.112. The summed E-state index contributed by atoms with van der Waals surface area (Å²) >= 11 is 0. The van der Waals surface area contributed by atoms with E-state index in [1.807, 2.05) is 49.4 Å². The van der Waals surface area contributed by atoms with Crippen LogP contribution in [0.15, 0.2) is 54.6 Å². The van der Waals surface area contributed by atoms with Crippen molar-refractivity contribution in [2.24, 2.45) is 0 Å². The Hall–Kier alpha value is -2.55. The highest BCUT2D eigenvalue weighted by Crippen LogP contribution is 2.26. The Morgan fingerprint density at radius 1 is 1.07 bits per heavy atom. The highest BCUT2D eigenvalue weighted by molar-refractivity contribution is 5.94. The van der Waals surface area contributed by atoms with Crippen LogP contribution in [-0.2, 0) is 4.79 Å². The summed E-state index contributed by atoms with van der Waals surface area (Å²) in [7, 11) is 0. The van der Waals surface area contributed by atoms with Crippen LogP contribution in [0.4, 0.5) is 5.69 Å². The van der Waals surface area contributed by atoms with Gasteiger partial charge in [0.05, 0.1) is 0 Å². The quantitative estimate of drug-likeness (QED) is 0.392. The van der Waals surface area contributed by atoms with E-state index >= 15 is 0 Å². The van der Waals surface area contributed by atoms with E-state index in [1.54, 1.807) is 13.0 Å². The predicted molar refractivity (Wildman–Crippen MR) is 114 cm³/mol. The van der Waals surface area contributed by atoms with E-state index in [0.717, 1.165) is 48.2 Å². The lowest BCUT2D eigenvalue weighted by Gasteiger charge is -2.19. The maximum atomic E-state index is 11.7. The number of hydrogen-bond acceptors (Lipinski definition) is 3. The molecule has 144 valence electrons. The van der Waals surface area contributed by atoms with Crippen LogP contribution in [0.2, 0.25) is 0 Å². The van der Waals surface area contributed by atoms with E-state index in [0.29, 0.717) is 11.8 Å². The summed E-state index contributed by atoms with van der Waals surface area (Å²) in [5, 5.41) is 3.62. The molecule has 0 fully saturated rings. The topological polar surface area (TPSA) is 38.3 Å². The van der Waals surface area contributed by atoms with Crippen molar-refractivity contribution in [1.82, 2.24) is 0 Å². The van der Waals surface area contributed by atoms with Crippen LogP contribution in [0.25, 0.3) is 5.76 Å². The fourth-order valence-electron chi connectivity index (χ4n) is 3.19. The summed E-state index contributed by atoms with van der Waals surface area (Å²) < 4.78 is 6.13. The molecule has 0 saturated carbocycles. The molecule has 0 unspecified atom stereocenters. The molecule has 3 heteroatoms. The smallest absolute Gasteiger partial charge is 0.156 e. The second-order valence-corrected chi connectivity index (χ2v) is 6.98. The third kappa shape index (κ3) is 6.59. The Kier molecular flexibility index (Phi) is 8.12. The first-order chi connectivity index (χ1) is 13.0. The van der Waals surface area contributed by atoms with Gasteiger partial charge in [0, 0.05) is 29.4 Å². The zero-order valence-corrected chi connectivity index (χ0v) is 16.9. The van der Waals surface area contributed by atoms with Crippen molar-refractivity contribution in [3.8, 4) is 5.75 Å². The summed E-state index contributed by atoms with van der Waals surface area (Å²) in [6.07, 6.45) is 6.17. The molecule has 0 aliphatic carbocycles. The SMILES string of the molecule is CCCC(CCC)Nc1cccc(O/C(=C/C(C)=O)c2ccccc2C)c1. The van der Waals surface area contributed by atoms with Crippen molar-refractivity contribution in [2.45, 2.75) is 59.4 Å². The van der Waals surface area contributed by atoms with E-state index in [-0.39, 0.29) is 5.78 Å². The van der Waals surface area contributed by atoms with Crippen molar-refractivity contribution in [3.63, 3.8) is 0 Å². The average molecular weight is 366 g/mol. The number of carbonyl (C=O) groups excluding carboxylic acids is 1. The van der Waals surface area contributed by atoms with Crippen molar-refractivity contribution >= 4 is 17.2 Å². The lowest BCUT2D eigenvalue weighted by Crippen LogP contribution is -2.18. The zero-order chi connectivity index (χ0) is 19.6. The lowest BCUT2D eigenvalue weighted by atomic mass is 10.1.